The molecule has 0 atom stereocenters. The van der Waals surface area contributed by atoms with E-state index in [0.29, 0.717) is 17.9 Å². The summed E-state index contributed by atoms with van der Waals surface area (Å²) >= 11 is 0. The van der Waals surface area contributed by atoms with Crippen molar-refractivity contribution in [2.75, 3.05) is 4.90 Å². The Morgan fingerprint density at radius 2 is 1.81 bits per heavy atom. The van der Waals surface area contributed by atoms with Crippen molar-refractivity contribution >= 4 is 23.4 Å². The predicted octanol–water partition coefficient (Wildman–Crippen LogP) is 6.00. The molecule has 3 aromatic rings. The number of carbonyl (C=O) groups is 2. The van der Waals surface area contributed by atoms with E-state index in [9.17, 15) is 23.5 Å². The zero-order chi connectivity index (χ0) is 26.5. The molecule has 7 nitrogen and oxygen atoms in total. The van der Waals surface area contributed by atoms with Gasteiger partial charge in [0.05, 0.1) is 11.3 Å². The summed E-state index contributed by atoms with van der Waals surface area (Å²) in [5, 5.41) is 9.40. The molecule has 1 fully saturated rings. The Bertz CT molecular complexity index is 1400. The van der Waals surface area contributed by atoms with Crippen LogP contribution in [0.25, 0.3) is 0 Å². The first-order valence-corrected chi connectivity index (χ1v) is 12.0. The minimum Gasteiger partial charge on any atom is -0.478 e. The third-order valence-corrected chi connectivity index (χ3v) is 6.71. The van der Waals surface area contributed by atoms with Crippen molar-refractivity contribution in [1.82, 2.24) is 4.98 Å². The summed E-state index contributed by atoms with van der Waals surface area (Å²) in [5.41, 5.74) is 2.60. The molecule has 0 unspecified atom stereocenters. The molecule has 192 valence electrons. The number of ether oxygens (including phenoxy) is 2. The number of halogens is 2. The number of carboxylic acid groups (broad SMARTS) is 1. The lowest BCUT2D eigenvalue weighted by Gasteiger charge is -2.28. The summed E-state index contributed by atoms with van der Waals surface area (Å²) in [5.74, 6) is -1.20. The number of carboxylic acids is 1. The van der Waals surface area contributed by atoms with E-state index in [2.05, 4.69) is 9.47 Å². The molecule has 2 aliphatic rings. The van der Waals surface area contributed by atoms with Crippen molar-refractivity contribution in [2.45, 2.75) is 51.7 Å². The summed E-state index contributed by atoms with van der Waals surface area (Å²) < 4.78 is 36.3. The summed E-state index contributed by atoms with van der Waals surface area (Å²) in [6, 6.07) is 14.7. The largest absolute Gasteiger partial charge is 0.586 e. The minimum absolute atomic E-state index is 0.101. The molecule has 9 heteroatoms. The predicted molar refractivity (Wildman–Crippen MR) is 132 cm³/mol. The molecule has 1 amide bonds. The summed E-state index contributed by atoms with van der Waals surface area (Å²) in [4.78, 5) is 31.1. The number of aryl methyl sites for hydroxylation is 1. The van der Waals surface area contributed by atoms with Gasteiger partial charge in [0.25, 0.3) is 0 Å². The molecule has 1 aromatic heterocycles. The van der Waals surface area contributed by atoms with Crippen LogP contribution in [0.5, 0.6) is 11.5 Å². The van der Waals surface area contributed by atoms with E-state index in [1.165, 1.54) is 23.1 Å². The van der Waals surface area contributed by atoms with E-state index in [-0.39, 0.29) is 28.9 Å². The van der Waals surface area contributed by atoms with Gasteiger partial charge >= 0.3 is 12.3 Å². The molecule has 1 aliphatic carbocycles. The number of hydrogen-bond acceptors (Lipinski definition) is 5. The van der Waals surface area contributed by atoms with Crippen LogP contribution in [-0.2, 0) is 16.6 Å². The van der Waals surface area contributed by atoms with Gasteiger partial charge in [0.15, 0.2) is 11.5 Å². The first kappa shape index (κ1) is 24.7. The van der Waals surface area contributed by atoms with Gasteiger partial charge in [0.1, 0.15) is 5.82 Å². The number of amides is 1. The number of aromatic carboxylic acids is 1. The van der Waals surface area contributed by atoms with Gasteiger partial charge in [0, 0.05) is 17.7 Å². The van der Waals surface area contributed by atoms with Crippen molar-refractivity contribution in [1.29, 1.82) is 0 Å². The van der Waals surface area contributed by atoms with E-state index in [1.807, 2.05) is 32.9 Å². The molecule has 0 spiro atoms. The van der Waals surface area contributed by atoms with Crippen molar-refractivity contribution in [3.8, 4) is 11.5 Å². The second-order valence-corrected chi connectivity index (χ2v) is 10.1. The number of pyridine rings is 1. The van der Waals surface area contributed by atoms with Crippen LogP contribution < -0.4 is 14.4 Å². The van der Waals surface area contributed by atoms with Gasteiger partial charge in [-0.1, -0.05) is 32.0 Å². The Balaban J connectivity index is 1.50. The van der Waals surface area contributed by atoms with Crippen LogP contribution in [0, 0.1) is 12.8 Å². The quantitative estimate of drug-likeness (QED) is 0.421. The van der Waals surface area contributed by atoms with Crippen LogP contribution in [0.3, 0.4) is 0 Å². The maximum Gasteiger partial charge on any atom is 0.586 e. The average molecular weight is 509 g/mol. The fraction of sp³-hybridized carbons (Fsp3) is 0.321. The highest BCUT2D eigenvalue weighted by atomic mass is 19.3. The maximum absolute atomic E-state index is 13.6. The standard InChI is InChI=1S/C28H26F2N2O5/c1-16-7-12-24(31-21(16)15-27(2,3)19-6-4-5-18(13-19)26(34)35)32(25(33)17-8-9-17)20-10-11-22-23(14-20)37-28(29,30)36-22/h4-7,10-14,17H,8-9,15H2,1-3H3,(H,34,35). The Kier molecular flexibility index (Phi) is 5.89. The first-order chi connectivity index (χ1) is 17.4. The molecule has 0 saturated heterocycles. The highest BCUT2D eigenvalue weighted by molar-refractivity contribution is 6.02. The number of fused-ring (bicyclic) bond motifs is 1. The lowest BCUT2D eigenvalue weighted by atomic mass is 9.79. The van der Waals surface area contributed by atoms with E-state index in [1.54, 1.807) is 24.3 Å². The molecule has 1 aliphatic heterocycles. The van der Waals surface area contributed by atoms with Crippen LogP contribution in [0.1, 0.15) is 53.9 Å². The molecule has 5 rings (SSSR count). The summed E-state index contributed by atoms with van der Waals surface area (Å²) in [7, 11) is 0. The zero-order valence-corrected chi connectivity index (χ0v) is 20.6. The third-order valence-electron chi connectivity index (χ3n) is 6.71. The van der Waals surface area contributed by atoms with Crippen LogP contribution >= 0.6 is 0 Å². The van der Waals surface area contributed by atoms with Crippen LogP contribution in [0.4, 0.5) is 20.3 Å². The van der Waals surface area contributed by atoms with Gasteiger partial charge < -0.3 is 14.6 Å². The zero-order valence-electron chi connectivity index (χ0n) is 20.6. The highest BCUT2D eigenvalue weighted by Gasteiger charge is 2.44. The molecule has 0 bridgehead atoms. The molecule has 2 aromatic carbocycles. The molecular formula is C28H26F2N2O5. The fourth-order valence-corrected chi connectivity index (χ4v) is 4.42. The van der Waals surface area contributed by atoms with Crippen molar-refractivity contribution in [3.63, 3.8) is 0 Å². The minimum atomic E-state index is -3.76. The monoisotopic (exact) mass is 508 g/mol. The van der Waals surface area contributed by atoms with Crippen molar-refractivity contribution < 1.29 is 33.0 Å². The second kappa shape index (κ2) is 8.83. The van der Waals surface area contributed by atoms with Gasteiger partial charge in [-0.2, -0.15) is 0 Å². The Labute approximate surface area is 212 Å². The summed E-state index contributed by atoms with van der Waals surface area (Å²) in [6.07, 6.45) is -1.77. The molecular weight excluding hydrogens is 482 g/mol. The molecule has 1 saturated carbocycles. The van der Waals surface area contributed by atoms with E-state index >= 15 is 0 Å². The second-order valence-electron chi connectivity index (χ2n) is 10.1. The Hall–Kier alpha value is -4.01. The number of carbonyl (C=O) groups excluding carboxylic acids is 1. The molecule has 1 N–H and O–H groups in total. The van der Waals surface area contributed by atoms with Gasteiger partial charge in [-0.05, 0) is 73.1 Å². The number of nitrogens with zero attached hydrogens (tertiary/aromatic N) is 2. The number of alkyl halides is 2. The smallest absolute Gasteiger partial charge is 0.478 e. The van der Waals surface area contributed by atoms with Crippen LogP contribution in [-0.4, -0.2) is 28.3 Å². The molecule has 2 heterocycles. The van der Waals surface area contributed by atoms with Gasteiger partial charge in [0.2, 0.25) is 5.91 Å². The Morgan fingerprint density at radius 3 is 2.51 bits per heavy atom. The van der Waals surface area contributed by atoms with E-state index in [4.69, 9.17) is 4.98 Å². The van der Waals surface area contributed by atoms with Crippen molar-refractivity contribution in [2.24, 2.45) is 5.92 Å². The number of aromatic nitrogens is 1. The molecule has 37 heavy (non-hydrogen) atoms. The van der Waals surface area contributed by atoms with Gasteiger partial charge in [-0.15, -0.1) is 8.78 Å². The average Bonchev–Trinajstić information content (AvgIpc) is 3.63. The van der Waals surface area contributed by atoms with Crippen LogP contribution in [0.2, 0.25) is 0 Å². The van der Waals surface area contributed by atoms with Gasteiger partial charge in [-0.25, -0.2) is 9.78 Å². The third kappa shape index (κ3) is 4.98. The van der Waals surface area contributed by atoms with E-state index < -0.39 is 17.7 Å². The number of anilines is 2. The van der Waals surface area contributed by atoms with Crippen molar-refractivity contribution in [3.05, 3.63) is 77.0 Å². The normalized spacial score (nSPS) is 15.9. The highest BCUT2D eigenvalue weighted by Crippen LogP contribution is 2.45. The Morgan fingerprint density at radius 1 is 1.08 bits per heavy atom. The molecule has 0 radical (unpaired) electrons. The topological polar surface area (TPSA) is 89.0 Å². The SMILES string of the molecule is Cc1ccc(N(C(=O)C2CC2)c2ccc3c(c2)OC(F)(F)O3)nc1CC(C)(C)c1cccc(C(=O)O)c1. The maximum atomic E-state index is 13.6. The first-order valence-electron chi connectivity index (χ1n) is 12.0. The lowest BCUT2D eigenvalue weighted by Crippen LogP contribution is -2.29. The lowest BCUT2D eigenvalue weighted by molar-refractivity contribution is -0.286. The van der Waals surface area contributed by atoms with E-state index in [0.717, 1.165) is 29.7 Å². The fourth-order valence-electron chi connectivity index (χ4n) is 4.42. The van der Waals surface area contributed by atoms with Gasteiger partial charge in [-0.3, -0.25) is 9.69 Å². The van der Waals surface area contributed by atoms with Crippen LogP contribution in [0.15, 0.2) is 54.6 Å². The number of rotatable bonds is 7. The summed E-state index contributed by atoms with van der Waals surface area (Å²) in [6.45, 7) is 5.94. The number of benzene rings is 2. The number of hydrogen-bond donors (Lipinski definition) is 1.